The van der Waals surface area contributed by atoms with Gasteiger partial charge < -0.3 is 4.90 Å². The van der Waals surface area contributed by atoms with Gasteiger partial charge in [-0.15, -0.1) is 0 Å². The van der Waals surface area contributed by atoms with Crippen molar-refractivity contribution >= 4 is 12.1 Å². The average molecular weight is 344 g/mol. The predicted octanol–water partition coefficient (Wildman–Crippen LogP) is 6.00. The second-order valence-corrected chi connectivity index (χ2v) is 6.25. The molecule has 3 heteroatoms. The van der Waals surface area contributed by atoms with Crippen LogP contribution in [0.5, 0.6) is 0 Å². The third-order valence-corrected chi connectivity index (χ3v) is 4.01. The van der Waals surface area contributed by atoms with E-state index in [1.54, 1.807) is 12.2 Å². The molecule has 1 aliphatic heterocycles. The molecule has 0 saturated heterocycles. The lowest BCUT2D eigenvalue weighted by Gasteiger charge is -2.24. The Morgan fingerprint density at radius 1 is 1.04 bits per heavy atom. The summed E-state index contributed by atoms with van der Waals surface area (Å²) >= 11 is 0.324. The molecule has 0 N–H and O–H groups in total. The number of rotatable bonds is 2. The molecule has 2 aromatic carbocycles. The lowest BCUT2D eigenvalue weighted by atomic mass is 10.0. The van der Waals surface area contributed by atoms with Crippen LogP contribution in [0.2, 0.25) is 0 Å². The van der Waals surface area contributed by atoms with E-state index in [0.717, 1.165) is 19.5 Å². The van der Waals surface area contributed by atoms with Gasteiger partial charge in [0.05, 0.1) is 12.1 Å². The number of hydrogen-bond donors (Lipinski definition) is 0. The molecule has 1 nitrogen and oxygen atoms in total. The maximum Gasteiger partial charge on any atom is 0.0812 e. The molecular formula is C21H26FNS. The number of halogens is 1. The highest BCUT2D eigenvalue weighted by Gasteiger charge is 2.13. The van der Waals surface area contributed by atoms with Crippen molar-refractivity contribution < 1.29 is 3.89 Å². The maximum atomic E-state index is 12.3. The SMILES string of the molecule is C=CC=C.CN1CCc2ccc(SF)cc2C1.Cc1ccccc1. The number of nitrogens with zero attached hydrogens (tertiary/aromatic N) is 1. The summed E-state index contributed by atoms with van der Waals surface area (Å²) < 4.78 is 12.3. The van der Waals surface area contributed by atoms with Crippen molar-refractivity contribution in [1.82, 2.24) is 4.90 Å². The second-order valence-electron chi connectivity index (χ2n) is 5.62. The molecule has 0 spiro atoms. The van der Waals surface area contributed by atoms with Crippen LogP contribution >= 0.6 is 12.1 Å². The quantitative estimate of drug-likeness (QED) is 0.615. The van der Waals surface area contributed by atoms with Gasteiger partial charge in [-0.25, -0.2) is 0 Å². The Bertz CT molecular complexity index is 619. The Balaban J connectivity index is 0.000000220. The summed E-state index contributed by atoms with van der Waals surface area (Å²) in [5.41, 5.74) is 3.97. The van der Waals surface area contributed by atoms with E-state index in [-0.39, 0.29) is 0 Å². The Morgan fingerprint density at radius 2 is 1.71 bits per heavy atom. The molecule has 0 unspecified atom stereocenters. The first kappa shape index (κ1) is 20.2. The first-order valence-electron chi connectivity index (χ1n) is 7.94. The van der Waals surface area contributed by atoms with Crippen LogP contribution in [-0.4, -0.2) is 18.5 Å². The van der Waals surface area contributed by atoms with Crippen molar-refractivity contribution in [3.63, 3.8) is 0 Å². The second kappa shape index (κ2) is 11.7. The molecule has 0 saturated carbocycles. The fourth-order valence-electron chi connectivity index (χ4n) is 2.26. The number of aryl methyl sites for hydroxylation is 1. The zero-order chi connectivity index (χ0) is 17.8. The molecule has 0 atom stereocenters. The van der Waals surface area contributed by atoms with Gasteiger partial charge in [0, 0.05) is 18.0 Å². The van der Waals surface area contributed by atoms with Crippen molar-refractivity contribution in [2.24, 2.45) is 0 Å². The summed E-state index contributed by atoms with van der Waals surface area (Å²) in [5, 5.41) is 0. The zero-order valence-corrected chi connectivity index (χ0v) is 15.4. The monoisotopic (exact) mass is 343 g/mol. The number of fused-ring (bicyclic) bond motifs is 1. The minimum Gasteiger partial charge on any atom is -0.302 e. The Labute approximate surface area is 150 Å². The third-order valence-electron chi connectivity index (χ3n) is 3.58. The molecule has 1 heterocycles. The van der Waals surface area contributed by atoms with E-state index in [1.807, 2.05) is 36.4 Å². The van der Waals surface area contributed by atoms with E-state index in [2.05, 4.69) is 44.2 Å². The van der Waals surface area contributed by atoms with E-state index >= 15 is 0 Å². The van der Waals surface area contributed by atoms with Crippen LogP contribution < -0.4 is 0 Å². The van der Waals surface area contributed by atoms with Crippen LogP contribution in [0.4, 0.5) is 3.89 Å². The van der Waals surface area contributed by atoms with Crippen molar-refractivity contribution in [2.45, 2.75) is 24.8 Å². The van der Waals surface area contributed by atoms with Gasteiger partial charge in [-0.3, -0.25) is 0 Å². The minimum atomic E-state index is 0.324. The number of benzene rings is 2. The zero-order valence-electron chi connectivity index (χ0n) is 14.5. The van der Waals surface area contributed by atoms with Gasteiger partial charge in [-0.05, 0) is 43.7 Å². The normalized spacial score (nSPS) is 12.6. The van der Waals surface area contributed by atoms with Gasteiger partial charge >= 0.3 is 0 Å². The smallest absolute Gasteiger partial charge is 0.0812 e. The summed E-state index contributed by atoms with van der Waals surface area (Å²) in [6.07, 6.45) is 4.36. The predicted molar refractivity (Wildman–Crippen MR) is 105 cm³/mol. The highest BCUT2D eigenvalue weighted by Crippen LogP contribution is 2.25. The molecule has 0 amide bonds. The maximum absolute atomic E-state index is 12.3. The van der Waals surface area contributed by atoms with Gasteiger partial charge in [-0.2, -0.15) is 3.89 Å². The van der Waals surface area contributed by atoms with E-state index in [0.29, 0.717) is 17.0 Å². The molecule has 0 aliphatic carbocycles. The van der Waals surface area contributed by atoms with E-state index in [1.165, 1.54) is 16.7 Å². The van der Waals surface area contributed by atoms with Gasteiger partial charge in [0.2, 0.25) is 0 Å². The molecular weight excluding hydrogens is 317 g/mol. The Kier molecular flexibility index (Phi) is 9.81. The lowest BCUT2D eigenvalue weighted by molar-refractivity contribution is 0.312. The van der Waals surface area contributed by atoms with Gasteiger partial charge in [0.15, 0.2) is 0 Å². The summed E-state index contributed by atoms with van der Waals surface area (Å²) in [4.78, 5) is 2.98. The Hall–Kier alpha value is -1.84. The van der Waals surface area contributed by atoms with Crippen molar-refractivity contribution in [2.75, 3.05) is 13.6 Å². The van der Waals surface area contributed by atoms with Crippen LogP contribution in [0.1, 0.15) is 16.7 Å². The highest BCUT2D eigenvalue weighted by molar-refractivity contribution is 7.94. The van der Waals surface area contributed by atoms with Crippen molar-refractivity contribution in [3.05, 3.63) is 90.5 Å². The lowest BCUT2D eigenvalue weighted by Crippen LogP contribution is -2.26. The van der Waals surface area contributed by atoms with Crippen molar-refractivity contribution in [3.8, 4) is 0 Å². The fourth-order valence-corrected chi connectivity index (χ4v) is 2.56. The van der Waals surface area contributed by atoms with E-state index in [4.69, 9.17) is 0 Å². The summed E-state index contributed by atoms with van der Waals surface area (Å²) in [5.74, 6) is 0. The molecule has 24 heavy (non-hydrogen) atoms. The highest BCUT2D eigenvalue weighted by atomic mass is 32.2. The van der Waals surface area contributed by atoms with Crippen LogP contribution in [-0.2, 0) is 13.0 Å². The molecule has 0 fully saturated rings. The fraction of sp³-hybridized carbons (Fsp3) is 0.238. The standard InChI is InChI=1S/C10H12FNS.C7H8.C4H6/c1-12-5-4-8-2-3-10(13-11)6-9(8)7-12;1-7-5-3-2-4-6-7;1-3-4-2/h2-3,6H,4-5,7H2,1H3;2-6H,1H3;3-4H,1-2H2. The molecule has 0 radical (unpaired) electrons. The van der Waals surface area contributed by atoms with Gasteiger partial charge in [0.1, 0.15) is 0 Å². The molecule has 0 aromatic heterocycles. The van der Waals surface area contributed by atoms with Gasteiger partial charge in [-0.1, -0.05) is 67.3 Å². The Morgan fingerprint density at radius 3 is 2.21 bits per heavy atom. The van der Waals surface area contributed by atoms with Crippen molar-refractivity contribution in [1.29, 1.82) is 0 Å². The summed E-state index contributed by atoms with van der Waals surface area (Å²) in [7, 11) is 2.10. The minimum absolute atomic E-state index is 0.324. The van der Waals surface area contributed by atoms with Crippen LogP contribution in [0.25, 0.3) is 0 Å². The van der Waals surface area contributed by atoms with E-state index in [9.17, 15) is 3.89 Å². The molecule has 2 aromatic rings. The largest absolute Gasteiger partial charge is 0.302 e. The van der Waals surface area contributed by atoms with E-state index < -0.39 is 0 Å². The van der Waals surface area contributed by atoms with Crippen LogP contribution in [0, 0.1) is 6.92 Å². The first-order chi connectivity index (χ1) is 11.6. The first-order valence-corrected chi connectivity index (χ1v) is 8.66. The number of likely N-dealkylation sites (N-methyl/N-ethyl adjacent to an activating group) is 1. The molecule has 1 aliphatic rings. The average Bonchev–Trinajstić information content (AvgIpc) is 2.62. The van der Waals surface area contributed by atoms with Crippen LogP contribution in [0.15, 0.2) is 78.7 Å². The topological polar surface area (TPSA) is 3.24 Å². The van der Waals surface area contributed by atoms with Crippen LogP contribution in [0.3, 0.4) is 0 Å². The summed E-state index contributed by atoms with van der Waals surface area (Å²) in [6.45, 7) is 10.9. The molecule has 0 bridgehead atoms. The summed E-state index contributed by atoms with van der Waals surface area (Å²) in [6, 6.07) is 16.1. The van der Waals surface area contributed by atoms with Gasteiger partial charge in [0.25, 0.3) is 0 Å². The third kappa shape index (κ3) is 7.62. The number of allylic oxidation sites excluding steroid dienone is 2. The molecule has 128 valence electrons. The number of hydrogen-bond acceptors (Lipinski definition) is 2. The molecule has 3 rings (SSSR count).